The number of benzene rings is 1. The molecule has 4 nitrogen and oxygen atoms in total. The first-order valence-electron chi connectivity index (χ1n) is 8.30. The molecule has 0 aromatic heterocycles. The van der Waals surface area contributed by atoms with Crippen LogP contribution in [-0.2, 0) is 10.9 Å². The molecule has 1 aromatic carbocycles. The molecule has 2 aliphatic heterocycles. The lowest BCUT2D eigenvalue weighted by atomic mass is 9.96. The van der Waals surface area contributed by atoms with E-state index in [-0.39, 0.29) is 41.8 Å². The standard InChI is InChI=1S/C17H19F3N2O2/c18-17(19,20)12-4-2-1-3-10(12)11-8-13(11)21-16(23)22-14-7-9-5-6-15(14)24-9/h1-4,9,11,13-15H,5-8H2,(H2,21,22,23)/t9-,11+,13-,14-,15-/m1/s1. The van der Waals surface area contributed by atoms with Crippen molar-refractivity contribution in [2.45, 2.75) is 62.1 Å². The summed E-state index contributed by atoms with van der Waals surface area (Å²) in [6, 6.07) is 5.05. The summed E-state index contributed by atoms with van der Waals surface area (Å²) in [5.41, 5.74) is -0.347. The van der Waals surface area contributed by atoms with Gasteiger partial charge >= 0.3 is 12.2 Å². The van der Waals surface area contributed by atoms with Gasteiger partial charge in [0, 0.05) is 12.0 Å². The summed E-state index contributed by atoms with van der Waals surface area (Å²) in [7, 11) is 0. The molecule has 2 heterocycles. The van der Waals surface area contributed by atoms with Crippen LogP contribution < -0.4 is 10.6 Å². The maximum Gasteiger partial charge on any atom is 0.416 e. The second kappa shape index (κ2) is 5.65. The Balaban J connectivity index is 1.35. The molecule has 130 valence electrons. The molecule has 0 radical (unpaired) electrons. The number of carbonyl (C=O) groups excluding carboxylic acids is 1. The molecule has 7 heteroatoms. The van der Waals surface area contributed by atoms with Gasteiger partial charge in [0.2, 0.25) is 0 Å². The predicted molar refractivity (Wildman–Crippen MR) is 80.6 cm³/mol. The number of rotatable bonds is 3. The van der Waals surface area contributed by atoms with Crippen LogP contribution in [0.25, 0.3) is 0 Å². The zero-order valence-corrected chi connectivity index (χ0v) is 13.0. The fourth-order valence-electron chi connectivity index (χ4n) is 3.94. The molecule has 1 aliphatic carbocycles. The normalized spacial score (nSPS) is 34.2. The SMILES string of the molecule is O=C(N[C@@H]1C[C@H]2CC[C@H]1O2)N[C@@H]1C[C@H]1c1ccccc1C(F)(F)F. The fraction of sp³-hybridized carbons (Fsp3) is 0.588. The van der Waals surface area contributed by atoms with Crippen LogP contribution in [0.4, 0.5) is 18.0 Å². The number of hydrogen-bond acceptors (Lipinski definition) is 2. The molecular weight excluding hydrogens is 321 g/mol. The molecule has 4 rings (SSSR count). The third kappa shape index (κ3) is 2.97. The molecule has 2 N–H and O–H groups in total. The van der Waals surface area contributed by atoms with Crippen molar-refractivity contribution < 1.29 is 22.7 Å². The highest BCUT2D eigenvalue weighted by molar-refractivity contribution is 5.75. The van der Waals surface area contributed by atoms with Crippen molar-refractivity contribution in [3.05, 3.63) is 35.4 Å². The lowest BCUT2D eigenvalue weighted by molar-refractivity contribution is -0.138. The first-order valence-corrected chi connectivity index (χ1v) is 8.30. The van der Waals surface area contributed by atoms with Gasteiger partial charge in [0.15, 0.2) is 0 Å². The largest absolute Gasteiger partial charge is 0.416 e. The number of fused-ring (bicyclic) bond motifs is 2. The van der Waals surface area contributed by atoms with E-state index in [1.54, 1.807) is 6.07 Å². The van der Waals surface area contributed by atoms with Gasteiger partial charge in [-0.1, -0.05) is 18.2 Å². The Labute approximate surface area is 137 Å². The highest BCUT2D eigenvalue weighted by Crippen LogP contribution is 2.46. The van der Waals surface area contributed by atoms with Crippen LogP contribution in [0, 0.1) is 0 Å². The first-order chi connectivity index (χ1) is 11.4. The Kier molecular flexibility index (Phi) is 3.71. The number of hydrogen-bond donors (Lipinski definition) is 2. The summed E-state index contributed by atoms with van der Waals surface area (Å²) in [4.78, 5) is 12.1. The summed E-state index contributed by atoms with van der Waals surface area (Å²) < 4.78 is 44.9. The van der Waals surface area contributed by atoms with Crippen LogP contribution in [0.1, 0.15) is 42.7 Å². The highest BCUT2D eigenvalue weighted by atomic mass is 19.4. The van der Waals surface area contributed by atoms with Gasteiger partial charge in [-0.15, -0.1) is 0 Å². The Bertz CT molecular complexity index is 649. The Morgan fingerprint density at radius 1 is 1.08 bits per heavy atom. The van der Waals surface area contributed by atoms with Crippen molar-refractivity contribution >= 4 is 6.03 Å². The smallest absolute Gasteiger partial charge is 0.373 e. The third-order valence-electron chi connectivity index (χ3n) is 5.20. The van der Waals surface area contributed by atoms with E-state index in [1.165, 1.54) is 12.1 Å². The molecular formula is C17H19F3N2O2. The van der Waals surface area contributed by atoms with Gasteiger partial charge in [-0.2, -0.15) is 13.2 Å². The zero-order valence-electron chi connectivity index (χ0n) is 13.0. The fourth-order valence-corrected chi connectivity index (χ4v) is 3.94. The molecule has 2 bridgehead atoms. The van der Waals surface area contributed by atoms with Crippen LogP contribution in [0.3, 0.4) is 0 Å². The van der Waals surface area contributed by atoms with Crippen LogP contribution in [-0.4, -0.2) is 30.3 Å². The van der Waals surface area contributed by atoms with E-state index in [4.69, 9.17) is 4.74 Å². The maximum atomic E-state index is 13.1. The molecule has 1 saturated carbocycles. The van der Waals surface area contributed by atoms with Crippen molar-refractivity contribution in [3.8, 4) is 0 Å². The van der Waals surface area contributed by atoms with Crippen LogP contribution in [0.5, 0.6) is 0 Å². The minimum Gasteiger partial charge on any atom is -0.373 e. The van der Waals surface area contributed by atoms with Gasteiger partial charge in [0.05, 0.1) is 23.8 Å². The van der Waals surface area contributed by atoms with Gasteiger partial charge in [-0.3, -0.25) is 0 Å². The van der Waals surface area contributed by atoms with E-state index >= 15 is 0 Å². The van der Waals surface area contributed by atoms with E-state index in [0.29, 0.717) is 6.42 Å². The second-order valence-electron chi connectivity index (χ2n) is 6.87. The Morgan fingerprint density at radius 3 is 2.50 bits per heavy atom. The quantitative estimate of drug-likeness (QED) is 0.888. The van der Waals surface area contributed by atoms with Crippen LogP contribution >= 0.6 is 0 Å². The average Bonchev–Trinajstić information content (AvgIpc) is 2.96. The monoisotopic (exact) mass is 340 g/mol. The summed E-state index contributed by atoms with van der Waals surface area (Å²) >= 11 is 0. The van der Waals surface area contributed by atoms with E-state index in [1.807, 2.05) is 0 Å². The molecule has 3 aliphatic rings. The molecule has 0 unspecified atom stereocenters. The van der Waals surface area contributed by atoms with Crippen LogP contribution in [0.15, 0.2) is 24.3 Å². The van der Waals surface area contributed by atoms with Crippen molar-refractivity contribution in [1.29, 1.82) is 0 Å². The number of ether oxygens (including phenoxy) is 1. The summed E-state index contributed by atoms with van der Waals surface area (Å²) in [5, 5.41) is 5.70. The van der Waals surface area contributed by atoms with Crippen molar-refractivity contribution in [3.63, 3.8) is 0 Å². The second-order valence-corrected chi connectivity index (χ2v) is 6.87. The van der Waals surface area contributed by atoms with Gasteiger partial charge in [0.1, 0.15) is 0 Å². The van der Waals surface area contributed by atoms with Gasteiger partial charge in [-0.05, 0) is 37.3 Å². The van der Waals surface area contributed by atoms with Crippen molar-refractivity contribution in [2.75, 3.05) is 0 Å². The Morgan fingerprint density at radius 2 is 1.83 bits per heavy atom. The number of halogens is 3. The molecule has 0 spiro atoms. The molecule has 5 atom stereocenters. The molecule has 1 aromatic rings. The van der Waals surface area contributed by atoms with E-state index in [9.17, 15) is 18.0 Å². The third-order valence-corrected chi connectivity index (χ3v) is 5.20. The number of carbonyl (C=O) groups is 1. The van der Waals surface area contributed by atoms with E-state index in [0.717, 1.165) is 25.3 Å². The van der Waals surface area contributed by atoms with Gasteiger partial charge in [0.25, 0.3) is 0 Å². The first kappa shape index (κ1) is 15.7. The van der Waals surface area contributed by atoms with Crippen molar-refractivity contribution in [2.24, 2.45) is 0 Å². The van der Waals surface area contributed by atoms with Gasteiger partial charge < -0.3 is 15.4 Å². The summed E-state index contributed by atoms with van der Waals surface area (Å²) in [5.74, 6) is -0.273. The average molecular weight is 340 g/mol. The highest BCUT2D eigenvalue weighted by Gasteiger charge is 2.46. The Hall–Kier alpha value is -1.76. The van der Waals surface area contributed by atoms with Crippen molar-refractivity contribution in [1.82, 2.24) is 10.6 Å². The molecule has 2 saturated heterocycles. The zero-order chi connectivity index (χ0) is 16.9. The summed E-state index contributed by atoms with van der Waals surface area (Å²) in [6.45, 7) is 0. The minimum absolute atomic E-state index is 0.0170. The lowest BCUT2D eigenvalue weighted by Crippen LogP contribution is -2.47. The number of alkyl halides is 3. The molecule has 3 fully saturated rings. The van der Waals surface area contributed by atoms with E-state index in [2.05, 4.69) is 10.6 Å². The topological polar surface area (TPSA) is 50.4 Å². The number of amides is 2. The predicted octanol–water partition coefficient (Wildman–Crippen LogP) is 3.18. The number of urea groups is 1. The summed E-state index contributed by atoms with van der Waals surface area (Å²) in [6.07, 6.45) is -0.679. The lowest BCUT2D eigenvalue weighted by Gasteiger charge is -2.20. The maximum absolute atomic E-state index is 13.1. The molecule has 24 heavy (non-hydrogen) atoms. The number of nitrogens with one attached hydrogen (secondary N) is 2. The van der Waals surface area contributed by atoms with E-state index < -0.39 is 11.7 Å². The van der Waals surface area contributed by atoms with Gasteiger partial charge in [-0.25, -0.2) is 4.79 Å². The molecule has 2 amide bonds. The van der Waals surface area contributed by atoms with Crippen LogP contribution in [0.2, 0.25) is 0 Å². The minimum atomic E-state index is -4.37.